The van der Waals surface area contributed by atoms with E-state index in [1.54, 1.807) is 0 Å². The van der Waals surface area contributed by atoms with E-state index in [2.05, 4.69) is 28.0 Å². The number of hydrazine groups is 1. The third-order valence-corrected chi connectivity index (χ3v) is 5.90. The number of rotatable bonds is 1. The maximum atomic E-state index is 6.40. The van der Waals surface area contributed by atoms with E-state index >= 15 is 0 Å². The third kappa shape index (κ3) is 2.61. The molecule has 4 aliphatic rings. The first-order chi connectivity index (χ1) is 10.1. The van der Waals surface area contributed by atoms with E-state index in [1.807, 2.05) is 0 Å². The zero-order chi connectivity index (χ0) is 14.6. The number of fused-ring (bicyclic) bond motifs is 3. The minimum Gasteiger partial charge on any atom is -0.372 e. The lowest BCUT2D eigenvalue weighted by molar-refractivity contribution is -0.0254. The van der Waals surface area contributed by atoms with Crippen molar-refractivity contribution < 1.29 is 4.74 Å². The first kappa shape index (κ1) is 14.6. The fourth-order valence-corrected chi connectivity index (χ4v) is 4.73. The molecule has 4 fully saturated rings. The summed E-state index contributed by atoms with van der Waals surface area (Å²) < 4.78 is 6.00. The fourth-order valence-electron chi connectivity index (χ4n) is 4.40. The van der Waals surface area contributed by atoms with Crippen LogP contribution in [-0.4, -0.2) is 47.3 Å². The summed E-state index contributed by atoms with van der Waals surface area (Å²) in [6.45, 7) is 2.14. The standard InChI is InChI=1S/C14H26ClN5O/c1-7-2-5-11(21-7)12-18-13-9-6-8(15)3-4-10(9)17-14(16)20(13)19-12/h7-14,17-19H,2-6,16H2,1H3. The Morgan fingerprint density at radius 2 is 2.05 bits per heavy atom. The average molecular weight is 316 g/mol. The van der Waals surface area contributed by atoms with Gasteiger partial charge in [0.15, 0.2) is 0 Å². The number of nitrogens with two attached hydrogens (primary N) is 1. The summed E-state index contributed by atoms with van der Waals surface area (Å²) in [4.78, 5) is 0. The molecule has 0 bridgehead atoms. The van der Waals surface area contributed by atoms with E-state index in [0.717, 1.165) is 32.1 Å². The Hall–Kier alpha value is 0.0500. The van der Waals surface area contributed by atoms with E-state index in [4.69, 9.17) is 22.1 Å². The second-order valence-corrected chi connectivity index (χ2v) is 7.60. The van der Waals surface area contributed by atoms with Gasteiger partial charge in [-0.15, -0.1) is 11.6 Å². The van der Waals surface area contributed by atoms with Crippen molar-refractivity contribution in [3.05, 3.63) is 0 Å². The highest BCUT2D eigenvalue weighted by Crippen LogP contribution is 2.36. The molecular weight excluding hydrogens is 290 g/mol. The van der Waals surface area contributed by atoms with Crippen LogP contribution in [0.5, 0.6) is 0 Å². The third-order valence-electron chi connectivity index (χ3n) is 5.50. The molecule has 3 saturated heterocycles. The lowest BCUT2D eigenvalue weighted by atomic mass is 9.80. The maximum absolute atomic E-state index is 6.40. The topological polar surface area (TPSA) is 74.6 Å². The molecule has 4 rings (SSSR count). The molecule has 0 aromatic rings. The average Bonchev–Trinajstić information content (AvgIpc) is 3.06. The van der Waals surface area contributed by atoms with Gasteiger partial charge >= 0.3 is 0 Å². The summed E-state index contributed by atoms with van der Waals surface area (Å²) in [5.41, 5.74) is 9.81. The first-order valence-corrected chi connectivity index (χ1v) is 8.67. The van der Waals surface area contributed by atoms with Crippen molar-refractivity contribution in [1.82, 2.24) is 21.1 Å². The molecule has 0 radical (unpaired) electrons. The second-order valence-electron chi connectivity index (χ2n) is 6.98. The number of alkyl halides is 1. The molecule has 0 amide bonds. The van der Waals surface area contributed by atoms with Crippen LogP contribution in [0.15, 0.2) is 0 Å². The van der Waals surface area contributed by atoms with Gasteiger partial charge in [-0.05, 0) is 39.0 Å². The highest BCUT2D eigenvalue weighted by molar-refractivity contribution is 6.20. The molecule has 6 nitrogen and oxygen atoms in total. The zero-order valence-electron chi connectivity index (χ0n) is 12.5. The highest BCUT2D eigenvalue weighted by atomic mass is 35.5. The van der Waals surface area contributed by atoms with Crippen LogP contribution < -0.4 is 21.8 Å². The number of ether oxygens (including phenoxy) is 1. The number of nitrogens with one attached hydrogen (secondary N) is 3. The summed E-state index contributed by atoms with van der Waals surface area (Å²) >= 11 is 6.40. The van der Waals surface area contributed by atoms with Gasteiger partial charge in [-0.3, -0.25) is 10.6 Å². The first-order valence-electron chi connectivity index (χ1n) is 8.23. The Morgan fingerprint density at radius 3 is 2.81 bits per heavy atom. The molecule has 5 N–H and O–H groups in total. The van der Waals surface area contributed by atoms with E-state index in [9.17, 15) is 0 Å². The van der Waals surface area contributed by atoms with Gasteiger partial charge in [-0.1, -0.05) is 0 Å². The molecule has 0 aromatic carbocycles. The normalized spacial score (nSPS) is 54.4. The maximum Gasteiger partial charge on any atom is 0.126 e. The van der Waals surface area contributed by atoms with Gasteiger partial charge in [-0.2, -0.15) is 5.01 Å². The van der Waals surface area contributed by atoms with Crippen molar-refractivity contribution in [3.63, 3.8) is 0 Å². The lowest BCUT2D eigenvalue weighted by Crippen LogP contribution is -2.70. The Morgan fingerprint density at radius 1 is 1.19 bits per heavy atom. The largest absolute Gasteiger partial charge is 0.372 e. The summed E-state index contributed by atoms with van der Waals surface area (Å²) in [5, 5.41) is 9.67. The summed E-state index contributed by atoms with van der Waals surface area (Å²) in [6, 6.07) is 0.465. The highest BCUT2D eigenvalue weighted by Gasteiger charge is 2.50. The van der Waals surface area contributed by atoms with Crippen molar-refractivity contribution >= 4 is 11.6 Å². The predicted octanol–water partition coefficient (Wildman–Crippen LogP) is 0.238. The fraction of sp³-hybridized carbons (Fsp3) is 1.00. The molecule has 1 aliphatic carbocycles. The van der Waals surface area contributed by atoms with Crippen LogP contribution in [0.4, 0.5) is 0 Å². The van der Waals surface area contributed by atoms with Gasteiger partial charge in [0, 0.05) is 17.3 Å². The van der Waals surface area contributed by atoms with E-state index in [-0.39, 0.29) is 30.1 Å². The zero-order valence-corrected chi connectivity index (χ0v) is 13.2. The second kappa shape index (κ2) is 5.60. The summed E-state index contributed by atoms with van der Waals surface area (Å²) in [5.74, 6) is 0.498. The van der Waals surface area contributed by atoms with Gasteiger partial charge in [-0.25, -0.2) is 5.43 Å². The van der Waals surface area contributed by atoms with Crippen molar-refractivity contribution in [3.8, 4) is 0 Å². The smallest absolute Gasteiger partial charge is 0.126 e. The molecule has 1 saturated carbocycles. The Kier molecular flexibility index (Phi) is 3.90. The van der Waals surface area contributed by atoms with Crippen molar-refractivity contribution in [2.45, 2.75) is 81.3 Å². The van der Waals surface area contributed by atoms with Crippen LogP contribution >= 0.6 is 11.6 Å². The van der Waals surface area contributed by atoms with Crippen LogP contribution in [0.1, 0.15) is 39.0 Å². The van der Waals surface area contributed by atoms with Crippen molar-refractivity contribution in [1.29, 1.82) is 0 Å². The van der Waals surface area contributed by atoms with Gasteiger partial charge < -0.3 is 10.5 Å². The Bertz CT molecular complexity index is 400. The Balaban J connectivity index is 1.49. The van der Waals surface area contributed by atoms with Crippen molar-refractivity contribution in [2.24, 2.45) is 11.7 Å². The van der Waals surface area contributed by atoms with Crippen LogP contribution in [0, 0.1) is 5.92 Å². The summed E-state index contributed by atoms with van der Waals surface area (Å²) in [6.07, 6.45) is 6.30. The van der Waals surface area contributed by atoms with Gasteiger partial charge in [0.25, 0.3) is 0 Å². The van der Waals surface area contributed by atoms with Gasteiger partial charge in [0.1, 0.15) is 6.29 Å². The molecule has 8 atom stereocenters. The molecule has 3 heterocycles. The molecule has 8 unspecified atom stereocenters. The number of hydrogen-bond acceptors (Lipinski definition) is 6. The van der Waals surface area contributed by atoms with Crippen molar-refractivity contribution in [2.75, 3.05) is 0 Å². The summed E-state index contributed by atoms with van der Waals surface area (Å²) in [7, 11) is 0. The minimum atomic E-state index is -0.153. The predicted molar refractivity (Wildman–Crippen MR) is 81.1 cm³/mol. The quantitative estimate of drug-likeness (QED) is 0.519. The van der Waals surface area contributed by atoms with Crippen LogP contribution in [0.3, 0.4) is 0 Å². The van der Waals surface area contributed by atoms with Gasteiger partial charge in [0.05, 0.1) is 24.5 Å². The number of halogens is 1. The molecular formula is C14H26ClN5O. The Labute approximate surface area is 131 Å². The lowest BCUT2D eigenvalue weighted by Gasteiger charge is -2.48. The molecule has 0 aromatic heterocycles. The monoisotopic (exact) mass is 315 g/mol. The molecule has 7 heteroatoms. The minimum absolute atomic E-state index is 0.153. The molecule has 3 aliphatic heterocycles. The SMILES string of the molecule is CC1CCC(C2NC3C4CC(Cl)CCC4NC(N)N3N2)O1. The van der Waals surface area contributed by atoms with E-state index < -0.39 is 0 Å². The van der Waals surface area contributed by atoms with Crippen LogP contribution in [-0.2, 0) is 4.74 Å². The van der Waals surface area contributed by atoms with Gasteiger partial charge in [0.2, 0.25) is 0 Å². The molecule has 120 valence electrons. The van der Waals surface area contributed by atoms with E-state index in [1.165, 1.54) is 0 Å². The molecule has 0 spiro atoms. The number of nitrogens with zero attached hydrogens (tertiary/aromatic N) is 1. The molecule has 21 heavy (non-hydrogen) atoms. The van der Waals surface area contributed by atoms with E-state index in [0.29, 0.717) is 18.1 Å². The number of hydrogen-bond donors (Lipinski definition) is 4. The van der Waals surface area contributed by atoms with Crippen LogP contribution in [0.25, 0.3) is 0 Å². The van der Waals surface area contributed by atoms with Crippen LogP contribution in [0.2, 0.25) is 0 Å².